The fraction of sp³-hybridized carbons (Fsp3) is 0.600. The first-order chi connectivity index (χ1) is 10.1. The van der Waals surface area contributed by atoms with Gasteiger partial charge in [-0.2, -0.15) is 4.39 Å². The minimum Gasteiger partial charge on any atom is -0.494 e. The number of halogens is 3. The number of benzene rings is 1. The van der Waals surface area contributed by atoms with Gasteiger partial charge in [-0.15, -0.1) is 12.4 Å². The number of hydrogen-bond acceptors (Lipinski definition) is 4. The van der Waals surface area contributed by atoms with Crippen molar-refractivity contribution >= 4 is 12.4 Å². The van der Waals surface area contributed by atoms with Crippen LogP contribution >= 0.6 is 12.4 Å². The highest BCUT2D eigenvalue weighted by atomic mass is 35.5. The van der Waals surface area contributed by atoms with Gasteiger partial charge >= 0.3 is 0 Å². The molecule has 1 saturated heterocycles. The SMILES string of the molecule is COc1ccc(F)c(O[C@@H]2C[C@@H]3CNC[C@@H]3C[C@H]2O)c1F.Cl. The van der Waals surface area contributed by atoms with E-state index in [9.17, 15) is 13.9 Å². The third-order valence-corrected chi connectivity index (χ3v) is 4.49. The summed E-state index contributed by atoms with van der Waals surface area (Å²) in [7, 11) is 1.31. The Labute approximate surface area is 134 Å². The molecule has 124 valence electrons. The van der Waals surface area contributed by atoms with E-state index >= 15 is 0 Å². The van der Waals surface area contributed by atoms with Crippen LogP contribution in [0.2, 0.25) is 0 Å². The average molecular weight is 336 g/mol. The zero-order valence-electron chi connectivity index (χ0n) is 12.2. The topological polar surface area (TPSA) is 50.7 Å². The minimum atomic E-state index is -0.864. The Balaban J connectivity index is 0.00000176. The molecule has 0 radical (unpaired) electrons. The van der Waals surface area contributed by atoms with Crippen LogP contribution in [0.3, 0.4) is 0 Å². The van der Waals surface area contributed by atoms with Crippen molar-refractivity contribution in [2.45, 2.75) is 25.0 Å². The van der Waals surface area contributed by atoms with Crippen LogP contribution in [0.5, 0.6) is 11.5 Å². The molecule has 0 aromatic heterocycles. The van der Waals surface area contributed by atoms with Crippen molar-refractivity contribution in [3.8, 4) is 11.5 Å². The van der Waals surface area contributed by atoms with Gasteiger partial charge in [-0.25, -0.2) is 4.39 Å². The van der Waals surface area contributed by atoms with Crippen molar-refractivity contribution in [3.05, 3.63) is 23.8 Å². The number of methoxy groups -OCH3 is 1. The standard InChI is InChI=1S/C15H19F2NO3.ClH/c1-20-12-3-2-10(16)15(14(12)17)21-13-5-9-7-18-6-8(9)4-11(13)19;/h2-3,8-9,11,13,18-19H,4-7H2,1H3;1H/t8-,9+,11+,13+;/m0./s1. The highest BCUT2D eigenvalue weighted by Crippen LogP contribution is 2.37. The molecular weight excluding hydrogens is 316 g/mol. The predicted molar refractivity (Wildman–Crippen MR) is 79.7 cm³/mol. The van der Waals surface area contributed by atoms with E-state index in [1.807, 2.05) is 0 Å². The quantitative estimate of drug-likeness (QED) is 0.888. The average Bonchev–Trinajstić information content (AvgIpc) is 2.90. The van der Waals surface area contributed by atoms with Crippen molar-refractivity contribution in [1.29, 1.82) is 0 Å². The van der Waals surface area contributed by atoms with E-state index in [1.54, 1.807) is 0 Å². The summed E-state index contributed by atoms with van der Waals surface area (Å²) in [6.07, 6.45) is -0.122. The number of aliphatic hydroxyl groups excluding tert-OH is 1. The van der Waals surface area contributed by atoms with E-state index in [-0.39, 0.29) is 18.2 Å². The van der Waals surface area contributed by atoms with Crippen molar-refractivity contribution in [1.82, 2.24) is 5.32 Å². The van der Waals surface area contributed by atoms with Gasteiger partial charge in [0.2, 0.25) is 5.82 Å². The second-order valence-electron chi connectivity index (χ2n) is 5.77. The lowest BCUT2D eigenvalue weighted by Crippen LogP contribution is -2.42. The van der Waals surface area contributed by atoms with E-state index in [0.717, 1.165) is 19.2 Å². The third-order valence-electron chi connectivity index (χ3n) is 4.49. The summed E-state index contributed by atoms with van der Waals surface area (Å²) in [5.74, 6) is -1.39. The van der Waals surface area contributed by atoms with E-state index in [0.29, 0.717) is 24.7 Å². The summed E-state index contributed by atoms with van der Waals surface area (Å²) in [6.45, 7) is 1.75. The Bertz CT molecular complexity index is 532. The molecule has 7 heteroatoms. The molecule has 1 aliphatic carbocycles. The van der Waals surface area contributed by atoms with E-state index in [4.69, 9.17) is 9.47 Å². The van der Waals surface area contributed by atoms with Gasteiger partial charge < -0.3 is 19.9 Å². The minimum absolute atomic E-state index is 0. The van der Waals surface area contributed by atoms with Crippen LogP contribution < -0.4 is 14.8 Å². The number of fused-ring (bicyclic) bond motifs is 1. The predicted octanol–water partition coefficient (Wildman–Crippen LogP) is 2.13. The molecule has 0 spiro atoms. The van der Waals surface area contributed by atoms with Crippen LogP contribution in [0.1, 0.15) is 12.8 Å². The lowest BCUT2D eigenvalue weighted by atomic mass is 9.78. The highest BCUT2D eigenvalue weighted by molar-refractivity contribution is 5.85. The van der Waals surface area contributed by atoms with Crippen LogP contribution in [0.4, 0.5) is 8.78 Å². The Morgan fingerprint density at radius 1 is 1.18 bits per heavy atom. The van der Waals surface area contributed by atoms with Crippen molar-refractivity contribution in [2.75, 3.05) is 20.2 Å². The van der Waals surface area contributed by atoms with Crippen LogP contribution in [0, 0.1) is 23.5 Å². The summed E-state index contributed by atoms with van der Waals surface area (Å²) < 4.78 is 38.2. The van der Waals surface area contributed by atoms with Crippen LogP contribution in [0.25, 0.3) is 0 Å². The van der Waals surface area contributed by atoms with Gasteiger partial charge in [0.05, 0.1) is 13.2 Å². The Hall–Kier alpha value is -1.11. The number of hydrogen-bond donors (Lipinski definition) is 2. The molecule has 0 unspecified atom stereocenters. The monoisotopic (exact) mass is 335 g/mol. The normalized spacial score (nSPS) is 30.4. The molecular formula is C15H20ClF2NO3. The first-order valence-corrected chi connectivity index (χ1v) is 7.17. The molecule has 3 rings (SSSR count). The van der Waals surface area contributed by atoms with Gasteiger partial charge in [-0.3, -0.25) is 0 Å². The summed E-state index contributed by atoms with van der Waals surface area (Å²) >= 11 is 0. The summed E-state index contributed by atoms with van der Waals surface area (Å²) in [5, 5.41) is 13.4. The Kier molecular flexibility index (Phi) is 5.47. The lowest BCUT2D eigenvalue weighted by Gasteiger charge is -2.35. The molecule has 1 aromatic rings. The summed E-state index contributed by atoms with van der Waals surface area (Å²) in [6, 6.07) is 2.32. The molecule has 2 N–H and O–H groups in total. The molecule has 0 bridgehead atoms. The van der Waals surface area contributed by atoms with Gasteiger partial charge in [0.25, 0.3) is 0 Å². The Morgan fingerprint density at radius 3 is 2.55 bits per heavy atom. The molecule has 1 heterocycles. The zero-order chi connectivity index (χ0) is 15.0. The van der Waals surface area contributed by atoms with Gasteiger partial charge in [0.15, 0.2) is 17.3 Å². The largest absolute Gasteiger partial charge is 0.494 e. The first kappa shape index (κ1) is 17.2. The van der Waals surface area contributed by atoms with Crippen molar-refractivity contribution < 1.29 is 23.4 Å². The molecule has 1 aromatic carbocycles. The van der Waals surface area contributed by atoms with Crippen molar-refractivity contribution in [3.63, 3.8) is 0 Å². The highest BCUT2D eigenvalue weighted by Gasteiger charge is 2.40. The smallest absolute Gasteiger partial charge is 0.209 e. The molecule has 1 aliphatic heterocycles. The lowest BCUT2D eigenvalue weighted by molar-refractivity contribution is -0.0264. The third kappa shape index (κ3) is 3.14. The molecule has 4 nitrogen and oxygen atoms in total. The summed E-state index contributed by atoms with van der Waals surface area (Å²) in [5.41, 5.74) is 0. The second kappa shape index (κ2) is 6.98. The zero-order valence-corrected chi connectivity index (χ0v) is 13.0. The number of ether oxygens (including phenoxy) is 2. The first-order valence-electron chi connectivity index (χ1n) is 7.17. The van der Waals surface area contributed by atoms with Crippen LogP contribution in [0.15, 0.2) is 12.1 Å². The maximum Gasteiger partial charge on any atom is 0.209 e. The maximum atomic E-state index is 14.1. The molecule has 4 atom stereocenters. The summed E-state index contributed by atoms with van der Waals surface area (Å²) in [4.78, 5) is 0. The molecule has 2 fully saturated rings. The fourth-order valence-corrected chi connectivity index (χ4v) is 3.31. The molecule has 2 aliphatic rings. The second-order valence-corrected chi connectivity index (χ2v) is 5.77. The fourth-order valence-electron chi connectivity index (χ4n) is 3.31. The maximum absolute atomic E-state index is 14.1. The van der Waals surface area contributed by atoms with Crippen LogP contribution in [-0.4, -0.2) is 37.5 Å². The van der Waals surface area contributed by atoms with Crippen LogP contribution in [-0.2, 0) is 0 Å². The number of rotatable bonds is 3. The van der Waals surface area contributed by atoms with Gasteiger partial charge in [-0.05, 0) is 49.9 Å². The van der Waals surface area contributed by atoms with E-state index < -0.39 is 29.6 Å². The van der Waals surface area contributed by atoms with Crippen molar-refractivity contribution in [2.24, 2.45) is 11.8 Å². The molecule has 0 amide bonds. The number of nitrogens with one attached hydrogen (secondary N) is 1. The van der Waals surface area contributed by atoms with E-state index in [2.05, 4.69) is 5.32 Å². The molecule has 1 saturated carbocycles. The van der Waals surface area contributed by atoms with Gasteiger partial charge in [-0.1, -0.05) is 0 Å². The van der Waals surface area contributed by atoms with Gasteiger partial charge in [0.1, 0.15) is 6.10 Å². The molecule has 22 heavy (non-hydrogen) atoms. The van der Waals surface area contributed by atoms with E-state index in [1.165, 1.54) is 13.2 Å². The van der Waals surface area contributed by atoms with Gasteiger partial charge in [0, 0.05) is 0 Å². The Morgan fingerprint density at radius 2 is 1.86 bits per heavy atom. The number of aliphatic hydroxyl groups is 1.